The van der Waals surface area contributed by atoms with Crippen LogP contribution in [0.2, 0.25) is 0 Å². The summed E-state index contributed by atoms with van der Waals surface area (Å²) in [6.45, 7) is 1.81. The SMILES string of the molecule is C/C=C/C(=O)NCI. The number of rotatable bonds is 2. The Morgan fingerprint density at radius 3 is 2.88 bits per heavy atom. The van der Waals surface area contributed by atoms with Crippen LogP contribution in [0.5, 0.6) is 0 Å². The molecule has 0 aliphatic rings. The molecule has 8 heavy (non-hydrogen) atoms. The predicted molar refractivity (Wildman–Crippen MR) is 41.8 cm³/mol. The van der Waals surface area contributed by atoms with Crippen LogP contribution in [0.1, 0.15) is 6.92 Å². The molecule has 0 bridgehead atoms. The molecule has 1 N–H and O–H groups in total. The van der Waals surface area contributed by atoms with Gasteiger partial charge >= 0.3 is 0 Å². The van der Waals surface area contributed by atoms with E-state index in [1.165, 1.54) is 6.08 Å². The molecule has 0 heterocycles. The summed E-state index contributed by atoms with van der Waals surface area (Å²) in [5.41, 5.74) is 0. The van der Waals surface area contributed by atoms with E-state index in [4.69, 9.17) is 0 Å². The van der Waals surface area contributed by atoms with Gasteiger partial charge in [-0.3, -0.25) is 4.79 Å². The lowest BCUT2D eigenvalue weighted by Crippen LogP contribution is -2.17. The highest BCUT2D eigenvalue weighted by atomic mass is 127. The van der Waals surface area contributed by atoms with Crippen LogP contribution in [0.4, 0.5) is 0 Å². The Morgan fingerprint density at radius 2 is 2.50 bits per heavy atom. The van der Waals surface area contributed by atoms with Gasteiger partial charge in [-0.2, -0.15) is 0 Å². The third-order valence-electron chi connectivity index (χ3n) is 0.559. The number of hydrogen-bond acceptors (Lipinski definition) is 1. The van der Waals surface area contributed by atoms with Gasteiger partial charge in [0.2, 0.25) is 5.91 Å². The standard InChI is InChI=1S/C5H8INO/c1-2-3-5(8)7-4-6/h2-3H,4H2,1H3,(H,7,8)/b3-2+. The van der Waals surface area contributed by atoms with Crippen LogP contribution >= 0.6 is 22.6 Å². The molecule has 0 radical (unpaired) electrons. The number of hydrogen-bond donors (Lipinski definition) is 1. The van der Waals surface area contributed by atoms with Gasteiger partial charge < -0.3 is 5.32 Å². The van der Waals surface area contributed by atoms with Crippen LogP contribution in [-0.2, 0) is 4.79 Å². The van der Waals surface area contributed by atoms with Crippen LogP contribution in [0.15, 0.2) is 12.2 Å². The van der Waals surface area contributed by atoms with E-state index in [1.807, 2.05) is 6.92 Å². The predicted octanol–water partition coefficient (Wildman–Crippen LogP) is 1.07. The molecule has 0 spiro atoms. The zero-order valence-corrected chi connectivity index (χ0v) is 6.81. The second-order valence-electron chi connectivity index (χ2n) is 1.17. The Bertz CT molecular complexity index is 101. The molecule has 0 rings (SSSR count). The van der Waals surface area contributed by atoms with Crippen molar-refractivity contribution in [2.24, 2.45) is 0 Å². The Balaban J connectivity index is 3.33. The van der Waals surface area contributed by atoms with E-state index < -0.39 is 0 Å². The Hall–Kier alpha value is -0.0600. The van der Waals surface area contributed by atoms with Gasteiger partial charge in [0.25, 0.3) is 0 Å². The Morgan fingerprint density at radius 1 is 1.88 bits per heavy atom. The smallest absolute Gasteiger partial charge is 0.244 e. The molecule has 0 unspecified atom stereocenters. The summed E-state index contributed by atoms with van der Waals surface area (Å²) in [4.78, 5) is 10.4. The molecule has 2 nitrogen and oxygen atoms in total. The fourth-order valence-electron chi connectivity index (χ4n) is 0.276. The molecule has 0 aromatic carbocycles. The number of carbonyl (C=O) groups is 1. The molecule has 0 aromatic rings. The number of nitrogens with one attached hydrogen (secondary N) is 1. The van der Waals surface area contributed by atoms with Gasteiger partial charge in [0.1, 0.15) is 0 Å². The molecule has 0 aromatic heterocycles. The second kappa shape index (κ2) is 5.08. The van der Waals surface area contributed by atoms with E-state index >= 15 is 0 Å². The van der Waals surface area contributed by atoms with Crippen molar-refractivity contribution in [1.82, 2.24) is 5.32 Å². The lowest BCUT2D eigenvalue weighted by atomic mass is 10.5. The maximum atomic E-state index is 10.4. The number of alkyl halides is 1. The third kappa shape index (κ3) is 4.11. The average Bonchev–Trinajstić information content (AvgIpc) is 1.68. The highest BCUT2D eigenvalue weighted by molar-refractivity contribution is 14.1. The lowest BCUT2D eigenvalue weighted by molar-refractivity contribution is -0.116. The first kappa shape index (κ1) is 7.94. The number of carbonyl (C=O) groups excluding carboxylic acids is 1. The van der Waals surface area contributed by atoms with Crippen molar-refractivity contribution in [2.75, 3.05) is 4.55 Å². The van der Waals surface area contributed by atoms with Crippen molar-refractivity contribution in [2.45, 2.75) is 6.92 Å². The highest BCUT2D eigenvalue weighted by Crippen LogP contribution is 1.75. The van der Waals surface area contributed by atoms with Crippen LogP contribution < -0.4 is 5.32 Å². The minimum atomic E-state index is -0.0260. The lowest BCUT2D eigenvalue weighted by Gasteiger charge is -1.90. The van der Waals surface area contributed by atoms with E-state index in [9.17, 15) is 4.79 Å². The van der Waals surface area contributed by atoms with Gasteiger partial charge in [0, 0.05) is 0 Å². The number of halogens is 1. The van der Waals surface area contributed by atoms with Gasteiger partial charge in [-0.25, -0.2) is 0 Å². The van der Waals surface area contributed by atoms with Crippen molar-refractivity contribution in [3.05, 3.63) is 12.2 Å². The zero-order valence-electron chi connectivity index (χ0n) is 4.65. The van der Waals surface area contributed by atoms with E-state index in [0.29, 0.717) is 4.55 Å². The van der Waals surface area contributed by atoms with Crippen LogP contribution in [0.25, 0.3) is 0 Å². The maximum Gasteiger partial charge on any atom is 0.244 e. The largest absolute Gasteiger partial charge is 0.344 e. The topological polar surface area (TPSA) is 29.1 Å². The van der Waals surface area contributed by atoms with E-state index in [-0.39, 0.29) is 5.91 Å². The fraction of sp³-hybridized carbons (Fsp3) is 0.400. The van der Waals surface area contributed by atoms with Gasteiger partial charge in [0.15, 0.2) is 0 Å². The first-order valence-electron chi connectivity index (χ1n) is 2.27. The molecule has 0 fully saturated rings. The number of allylic oxidation sites excluding steroid dienone is 1. The van der Waals surface area contributed by atoms with E-state index in [0.717, 1.165) is 0 Å². The molecule has 0 aliphatic heterocycles. The van der Waals surface area contributed by atoms with Crippen molar-refractivity contribution in [3.63, 3.8) is 0 Å². The summed E-state index contributed by atoms with van der Waals surface area (Å²) < 4.78 is 0.668. The quantitative estimate of drug-likeness (QED) is 0.324. The molecule has 0 saturated heterocycles. The summed E-state index contributed by atoms with van der Waals surface area (Å²) in [5.74, 6) is -0.0260. The first-order chi connectivity index (χ1) is 3.81. The maximum absolute atomic E-state index is 10.4. The van der Waals surface area contributed by atoms with E-state index in [2.05, 4.69) is 27.9 Å². The summed E-state index contributed by atoms with van der Waals surface area (Å²) >= 11 is 2.08. The molecular formula is C5H8INO. The second-order valence-corrected chi connectivity index (χ2v) is 1.94. The van der Waals surface area contributed by atoms with Gasteiger partial charge in [-0.15, -0.1) is 0 Å². The van der Waals surface area contributed by atoms with Crippen LogP contribution in [0, 0.1) is 0 Å². The molecule has 3 heteroatoms. The summed E-state index contributed by atoms with van der Waals surface area (Å²) in [5, 5.41) is 2.61. The highest BCUT2D eigenvalue weighted by Gasteiger charge is 1.86. The third-order valence-corrected chi connectivity index (χ3v) is 0.940. The summed E-state index contributed by atoms with van der Waals surface area (Å²) in [6, 6.07) is 0. The van der Waals surface area contributed by atoms with Crippen LogP contribution in [0.3, 0.4) is 0 Å². The van der Waals surface area contributed by atoms with Crippen LogP contribution in [-0.4, -0.2) is 10.5 Å². The van der Waals surface area contributed by atoms with Crippen molar-refractivity contribution in [1.29, 1.82) is 0 Å². The molecular weight excluding hydrogens is 217 g/mol. The zero-order chi connectivity index (χ0) is 6.41. The first-order valence-corrected chi connectivity index (χ1v) is 3.80. The van der Waals surface area contributed by atoms with Crippen molar-refractivity contribution >= 4 is 28.5 Å². The van der Waals surface area contributed by atoms with E-state index in [1.54, 1.807) is 6.08 Å². The average molecular weight is 225 g/mol. The molecule has 1 amide bonds. The summed E-state index contributed by atoms with van der Waals surface area (Å²) in [7, 11) is 0. The van der Waals surface area contributed by atoms with Gasteiger partial charge in [0.05, 0.1) is 4.55 Å². The van der Waals surface area contributed by atoms with Gasteiger partial charge in [-0.05, 0) is 13.0 Å². The monoisotopic (exact) mass is 225 g/mol. The fourth-order valence-corrected chi connectivity index (χ4v) is 0.652. The van der Waals surface area contributed by atoms with Crippen molar-refractivity contribution < 1.29 is 4.79 Å². The Labute approximate surface area is 62.5 Å². The normalized spacial score (nSPS) is 9.75. The van der Waals surface area contributed by atoms with Gasteiger partial charge in [-0.1, -0.05) is 28.7 Å². The molecule has 46 valence electrons. The Kier molecular flexibility index (Phi) is 5.05. The minimum Gasteiger partial charge on any atom is -0.344 e. The summed E-state index contributed by atoms with van der Waals surface area (Å²) in [6.07, 6.45) is 3.21. The molecule has 0 aliphatic carbocycles. The molecule has 0 atom stereocenters. The number of amides is 1. The molecule has 0 saturated carbocycles. The van der Waals surface area contributed by atoms with Crippen molar-refractivity contribution in [3.8, 4) is 0 Å². The minimum absolute atomic E-state index is 0.0260.